The van der Waals surface area contributed by atoms with E-state index in [2.05, 4.69) is 10.3 Å². The lowest BCUT2D eigenvalue weighted by atomic mass is 10.0. The second-order valence-corrected chi connectivity index (χ2v) is 6.81. The molecule has 1 aromatic heterocycles. The van der Waals surface area contributed by atoms with E-state index in [4.69, 9.17) is 0 Å². The first-order chi connectivity index (χ1) is 12.7. The molecule has 7 heteroatoms. The number of hydrogen-bond acceptors (Lipinski definition) is 3. The van der Waals surface area contributed by atoms with Gasteiger partial charge in [0.1, 0.15) is 0 Å². The summed E-state index contributed by atoms with van der Waals surface area (Å²) in [6.45, 7) is 2.54. The molecule has 0 spiro atoms. The van der Waals surface area contributed by atoms with E-state index >= 15 is 0 Å². The van der Waals surface area contributed by atoms with Crippen LogP contribution in [0.2, 0.25) is 0 Å². The maximum absolute atomic E-state index is 12.7. The SMILES string of the molecule is O=C(NCc1ccccc1)[C@@H](CC(=O)N1CCCCC1)Cn1ccnc1.S. The summed E-state index contributed by atoms with van der Waals surface area (Å²) in [6, 6.07) is 9.80. The van der Waals surface area contributed by atoms with Crippen LogP contribution in [-0.4, -0.2) is 39.4 Å². The monoisotopic (exact) mass is 388 g/mol. The maximum Gasteiger partial charge on any atom is 0.225 e. The van der Waals surface area contributed by atoms with Crippen molar-refractivity contribution < 1.29 is 9.59 Å². The number of aromatic nitrogens is 2. The highest BCUT2D eigenvalue weighted by atomic mass is 32.1. The minimum atomic E-state index is -0.401. The number of hydrogen-bond donors (Lipinski definition) is 1. The van der Waals surface area contributed by atoms with Crippen molar-refractivity contribution in [1.82, 2.24) is 19.8 Å². The molecule has 0 saturated carbocycles. The molecular formula is C20H28N4O2S. The van der Waals surface area contributed by atoms with E-state index in [1.807, 2.05) is 46.0 Å². The molecule has 0 aliphatic carbocycles. The zero-order chi connectivity index (χ0) is 18.2. The molecule has 1 saturated heterocycles. The molecule has 2 heterocycles. The number of nitrogens with one attached hydrogen (secondary N) is 1. The Morgan fingerprint density at radius 1 is 1.11 bits per heavy atom. The largest absolute Gasteiger partial charge is 0.352 e. The van der Waals surface area contributed by atoms with E-state index in [9.17, 15) is 9.59 Å². The molecule has 1 N–H and O–H groups in total. The third-order valence-electron chi connectivity index (χ3n) is 4.80. The van der Waals surface area contributed by atoms with Crippen LogP contribution in [0, 0.1) is 5.92 Å². The van der Waals surface area contributed by atoms with Crippen LogP contribution in [0.15, 0.2) is 49.1 Å². The molecule has 0 bridgehead atoms. The Balaban J connectivity index is 0.00000261. The van der Waals surface area contributed by atoms with Gasteiger partial charge in [-0.05, 0) is 24.8 Å². The molecule has 0 radical (unpaired) electrons. The second kappa shape index (κ2) is 10.8. The minimum absolute atomic E-state index is 0. The molecule has 146 valence electrons. The Morgan fingerprint density at radius 2 is 1.85 bits per heavy atom. The van der Waals surface area contributed by atoms with Gasteiger partial charge < -0.3 is 14.8 Å². The second-order valence-electron chi connectivity index (χ2n) is 6.81. The van der Waals surface area contributed by atoms with Crippen molar-refractivity contribution in [2.24, 2.45) is 5.92 Å². The van der Waals surface area contributed by atoms with Gasteiger partial charge in [0.25, 0.3) is 0 Å². The summed E-state index contributed by atoms with van der Waals surface area (Å²) < 4.78 is 1.86. The minimum Gasteiger partial charge on any atom is -0.352 e. The topological polar surface area (TPSA) is 67.2 Å². The van der Waals surface area contributed by atoms with Crippen LogP contribution in [0.25, 0.3) is 0 Å². The number of imidazole rings is 1. The summed E-state index contributed by atoms with van der Waals surface area (Å²) in [7, 11) is 0. The smallest absolute Gasteiger partial charge is 0.225 e. The third-order valence-corrected chi connectivity index (χ3v) is 4.80. The molecule has 1 aromatic carbocycles. The molecule has 1 aliphatic rings. The normalized spacial score (nSPS) is 14.9. The molecule has 1 aliphatic heterocycles. The number of benzene rings is 1. The van der Waals surface area contributed by atoms with Gasteiger partial charge in [-0.3, -0.25) is 9.59 Å². The highest BCUT2D eigenvalue weighted by molar-refractivity contribution is 7.59. The average Bonchev–Trinajstić information content (AvgIpc) is 3.20. The number of piperidine rings is 1. The Kier molecular flexibility index (Phi) is 8.39. The van der Waals surface area contributed by atoms with Gasteiger partial charge in [-0.1, -0.05) is 30.3 Å². The summed E-state index contributed by atoms with van der Waals surface area (Å²) in [4.78, 5) is 31.3. The van der Waals surface area contributed by atoms with Crippen LogP contribution in [0.4, 0.5) is 0 Å². The van der Waals surface area contributed by atoms with Crippen molar-refractivity contribution in [3.8, 4) is 0 Å². The molecule has 0 unspecified atom stereocenters. The zero-order valence-electron chi connectivity index (χ0n) is 15.5. The molecule has 2 amide bonds. The summed E-state index contributed by atoms with van der Waals surface area (Å²) in [6.07, 6.45) is 8.71. The zero-order valence-corrected chi connectivity index (χ0v) is 16.5. The number of rotatable bonds is 7. The van der Waals surface area contributed by atoms with Gasteiger partial charge in [0.2, 0.25) is 11.8 Å². The van der Waals surface area contributed by atoms with Crippen molar-refractivity contribution >= 4 is 25.3 Å². The summed E-state index contributed by atoms with van der Waals surface area (Å²) in [5.41, 5.74) is 1.05. The fourth-order valence-corrected chi connectivity index (χ4v) is 3.30. The molecule has 2 aromatic rings. The van der Waals surface area contributed by atoms with Gasteiger partial charge >= 0.3 is 0 Å². The van der Waals surface area contributed by atoms with Crippen LogP contribution in [0.3, 0.4) is 0 Å². The Labute approximate surface area is 167 Å². The molecule has 1 fully saturated rings. The Bertz CT molecular complexity index is 700. The number of amides is 2. The van der Waals surface area contributed by atoms with E-state index < -0.39 is 5.92 Å². The maximum atomic E-state index is 12.7. The van der Waals surface area contributed by atoms with E-state index in [1.54, 1.807) is 12.5 Å². The van der Waals surface area contributed by atoms with Crippen molar-refractivity contribution in [2.75, 3.05) is 13.1 Å². The van der Waals surface area contributed by atoms with Gasteiger partial charge in [0.15, 0.2) is 0 Å². The lowest BCUT2D eigenvalue weighted by Gasteiger charge is -2.28. The molecule has 1 atom stereocenters. The van der Waals surface area contributed by atoms with Crippen molar-refractivity contribution in [3.63, 3.8) is 0 Å². The van der Waals surface area contributed by atoms with Crippen LogP contribution in [-0.2, 0) is 22.7 Å². The lowest BCUT2D eigenvalue weighted by molar-refractivity contribution is -0.137. The predicted octanol–water partition coefficient (Wildman–Crippen LogP) is 2.33. The average molecular weight is 389 g/mol. The van der Waals surface area contributed by atoms with E-state index in [1.165, 1.54) is 6.42 Å². The first-order valence-electron chi connectivity index (χ1n) is 9.27. The fraction of sp³-hybridized carbons (Fsp3) is 0.450. The predicted molar refractivity (Wildman–Crippen MR) is 109 cm³/mol. The van der Waals surface area contributed by atoms with Crippen LogP contribution >= 0.6 is 13.5 Å². The van der Waals surface area contributed by atoms with Gasteiger partial charge in [-0.25, -0.2) is 4.98 Å². The van der Waals surface area contributed by atoms with Gasteiger partial charge in [-0.2, -0.15) is 13.5 Å². The van der Waals surface area contributed by atoms with Gasteiger partial charge in [0, 0.05) is 45.0 Å². The highest BCUT2D eigenvalue weighted by Crippen LogP contribution is 2.15. The number of nitrogens with zero attached hydrogens (tertiary/aromatic N) is 3. The number of likely N-dealkylation sites (tertiary alicyclic amines) is 1. The summed E-state index contributed by atoms with van der Waals surface area (Å²) in [5.74, 6) is -0.417. The quantitative estimate of drug-likeness (QED) is 0.792. The van der Waals surface area contributed by atoms with Gasteiger partial charge in [-0.15, -0.1) is 0 Å². The number of carbonyl (C=O) groups excluding carboxylic acids is 2. The van der Waals surface area contributed by atoms with Crippen LogP contribution in [0.5, 0.6) is 0 Å². The molecule has 27 heavy (non-hydrogen) atoms. The van der Waals surface area contributed by atoms with E-state index in [0.717, 1.165) is 31.5 Å². The lowest BCUT2D eigenvalue weighted by Crippen LogP contribution is -2.40. The first kappa shape index (κ1) is 21.0. The summed E-state index contributed by atoms with van der Waals surface area (Å²) >= 11 is 0. The first-order valence-corrected chi connectivity index (χ1v) is 9.27. The fourth-order valence-electron chi connectivity index (χ4n) is 3.30. The summed E-state index contributed by atoms with van der Waals surface area (Å²) in [5, 5.41) is 2.98. The van der Waals surface area contributed by atoms with Gasteiger partial charge in [0.05, 0.1) is 12.2 Å². The Hall–Kier alpha value is -2.28. The van der Waals surface area contributed by atoms with Crippen LogP contribution < -0.4 is 5.32 Å². The van der Waals surface area contributed by atoms with Crippen molar-refractivity contribution in [1.29, 1.82) is 0 Å². The molecule has 3 rings (SSSR count). The van der Waals surface area contributed by atoms with E-state index in [0.29, 0.717) is 13.1 Å². The van der Waals surface area contributed by atoms with E-state index in [-0.39, 0.29) is 31.7 Å². The molecular weight excluding hydrogens is 360 g/mol. The molecule has 6 nitrogen and oxygen atoms in total. The van der Waals surface area contributed by atoms with Crippen molar-refractivity contribution in [2.45, 2.75) is 38.8 Å². The standard InChI is InChI=1S/C20H26N4O2.H2S/c25-19(24-10-5-2-6-11-24)13-18(15-23-12-9-21-16-23)20(26)22-14-17-7-3-1-4-8-17;/h1,3-4,7-9,12,16,18H,2,5-6,10-11,13-15H2,(H,22,26);1H2/t18-;/m0./s1. The van der Waals surface area contributed by atoms with Crippen LogP contribution in [0.1, 0.15) is 31.2 Å². The van der Waals surface area contributed by atoms with Crippen molar-refractivity contribution in [3.05, 3.63) is 54.6 Å². The highest BCUT2D eigenvalue weighted by Gasteiger charge is 2.26. The number of carbonyl (C=O) groups is 2. The Morgan fingerprint density at radius 3 is 2.52 bits per heavy atom. The third kappa shape index (κ3) is 6.43.